The highest BCUT2D eigenvalue weighted by molar-refractivity contribution is 7.80. The molecule has 2 unspecified atom stereocenters. The standard InChI is InChI=1S/C21H25N3OS/c22-16-7-5-15(6-8-16)20-18-4-2-1-3-17(18)19(21(26)23-20)9-10-24-11-13-25-14-12-24/h1-8,19-20H,9-14,22H2,(H,23,26). The van der Waals surface area contributed by atoms with E-state index in [9.17, 15) is 0 Å². The summed E-state index contributed by atoms with van der Waals surface area (Å²) in [6.45, 7) is 4.76. The molecule has 1 saturated heterocycles. The van der Waals surface area contributed by atoms with Gasteiger partial charge in [0.2, 0.25) is 0 Å². The van der Waals surface area contributed by atoms with Gasteiger partial charge in [-0.25, -0.2) is 0 Å². The molecule has 0 aliphatic carbocycles. The van der Waals surface area contributed by atoms with Crippen molar-refractivity contribution in [3.63, 3.8) is 0 Å². The van der Waals surface area contributed by atoms with Crippen molar-refractivity contribution >= 4 is 22.9 Å². The molecule has 3 N–H and O–H groups in total. The van der Waals surface area contributed by atoms with Gasteiger partial charge in [0.15, 0.2) is 0 Å². The Morgan fingerprint density at radius 1 is 1.04 bits per heavy atom. The van der Waals surface area contributed by atoms with Crippen LogP contribution in [0, 0.1) is 0 Å². The minimum absolute atomic E-state index is 0.0962. The maximum atomic E-state index is 5.85. The van der Waals surface area contributed by atoms with Crippen LogP contribution >= 0.6 is 12.2 Å². The van der Waals surface area contributed by atoms with Gasteiger partial charge < -0.3 is 15.8 Å². The van der Waals surface area contributed by atoms with Crippen LogP contribution in [0.5, 0.6) is 0 Å². The molecule has 0 spiro atoms. The molecule has 0 radical (unpaired) electrons. The molecule has 2 atom stereocenters. The SMILES string of the molecule is Nc1ccc(C2NC(=S)C(CCN3CCOCC3)c3ccccc32)cc1. The fourth-order valence-corrected chi connectivity index (χ4v) is 4.29. The van der Waals surface area contributed by atoms with Gasteiger partial charge in [0, 0.05) is 24.7 Å². The van der Waals surface area contributed by atoms with Crippen LogP contribution in [-0.2, 0) is 4.74 Å². The van der Waals surface area contributed by atoms with Gasteiger partial charge in [-0.2, -0.15) is 0 Å². The van der Waals surface area contributed by atoms with Gasteiger partial charge in [-0.15, -0.1) is 0 Å². The Morgan fingerprint density at radius 3 is 2.46 bits per heavy atom. The van der Waals surface area contributed by atoms with E-state index in [1.165, 1.54) is 16.7 Å². The van der Waals surface area contributed by atoms with Crippen molar-refractivity contribution in [3.05, 3.63) is 65.2 Å². The first-order valence-electron chi connectivity index (χ1n) is 9.27. The Morgan fingerprint density at radius 2 is 1.73 bits per heavy atom. The molecule has 4 rings (SSSR count). The summed E-state index contributed by atoms with van der Waals surface area (Å²) < 4.78 is 5.45. The molecular formula is C21H25N3OS. The highest BCUT2D eigenvalue weighted by Crippen LogP contribution is 2.37. The van der Waals surface area contributed by atoms with E-state index in [4.69, 9.17) is 22.7 Å². The maximum absolute atomic E-state index is 5.85. The van der Waals surface area contributed by atoms with E-state index in [2.05, 4.69) is 46.6 Å². The van der Waals surface area contributed by atoms with Gasteiger partial charge >= 0.3 is 0 Å². The van der Waals surface area contributed by atoms with Crippen LogP contribution in [-0.4, -0.2) is 42.7 Å². The van der Waals surface area contributed by atoms with Gasteiger partial charge in [-0.05, 0) is 41.8 Å². The lowest BCUT2D eigenvalue weighted by atomic mass is 9.82. The molecule has 0 aromatic heterocycles. The Bertz CT molecular complexity index is 771. The molecule has 2 aromatic carbocycles. The molecule has 1 fully saturated rings. The third-order valence-corrected chi connectivity index (χ3v) is 5.80. The second-order valence-corrected chi connectivity index (χ2v) is 7.47. The summed E-state index contributed by atoms with van der Waals surface area (Å²) in [5.41, 5.74) is 10.5. The largest absolute Gasteiger partial charge is 0.399 e. The van der Waals surface area contributed by atoms with Crippen LogP contribution in [0.1, 0.15) is 35.1 Å². The normalized spacial score (nSPS) is 23.3. The zero-order valence-corrected chi connectivity index (χ0v) is 15.7. The van der Waals surface area contributed by atoms with Crippen LogP contribution < -0.4 is 11.1 Å². The van der Waals surface area contributed by atoms with Crippen LogP contribution in [0.2, 0.25) is 0 Å². The zero-order chi connectivity index (χ0) is 17.9. The van der Waals surface area contributed by atoms with E-state index in [0.29, 0.717) is 0 Å². The molecule has 5 heteroatoms. The number of anilines is 1. The molecule has 2 heterocycles. The molecule has 4 nitrogen and oxygen atoms in total. The summed E-state index contributed by atoms with van der Waals surface area (Å²) in [6.07, 6.45) is 1.04. The van der Waals surface area contributed by atoms with E-state index in [1.807, 2.05) is 12.1 Å². The maximum Gasteiger partial charge on any atom is 0.0837 e. The summed E-state index contributed by atoms with van der Waals surface area (Å²) in [5.74, 6) is 0.272. The summed E-state index contributed by atoms with van der Waals surface area (Å²) in [4.78, 5) is 3.42. The number of morpholine rings is 1. The summed E-state index contributed by atoms with van der Waals surface area (Å²) >= 11 is 5.79. The first-order chi connectivity index (χ1) is 12.7. The molecule has 0 amide bonds. The quantitative estimate of drug-likeness (QED) is 0.642. The van der Waals surface area contributed by atoms with Crippen molar-refractivity contribution < 1.29 is 4.74 Å². The van der Waals surface area contributed by atoms with Crippen molar-refractivity contribution in [2.24, 2.45) is 0 Å². The van der Waals surface area contributed by atoms with E-state index in [1.54, 1.807) is 0 Å². The minimum Gasteiger partial charge on any atom is -0.399 e. The number of hydrogen-bond acceptors (Lipinski definition) is 4. The minimum atomic E-state index is 0.0962. The lowest BCUT2D eigenvalue weighted by Gasteiger charge is -2.36. The number of nitrogens with one attached hydrogen (secondary N) is 1. The highest BCUT2D eigenvalue weighted by Gasteiger charge is 2.31. The van der Waals surface area contributed by atoms with Crippen molar-refractivity contribution in [1.29, 1.82) is 0 Å². The second-order valence-electron chi connectivity index (χ2n) is 7.03. The number of nitrogen functional groups attached to an aromatic ring is 1. The lowest BCUT2D eigenvalue weighted by Crippen LogP contribution is -2.41. The van der Waals surface area contributed by atoms with Gasteiger partial charge in [0.25, 0.3) is 0 Å². The molecule has 136 valence electrons. The Balaban J connectivity index is 1.57. The molecule has 2 aliphatic rings. The molecule has 0 saturated carbocycles. The number of thiocarbonyl (C=S) groups is 1. The fraction of sp³-hybridized carbons (Fsp3) is 0.381. The molecule has 0 bridgehead atoms. The van der Waals surface area contributed by atoms with E-state index in [0.717, 1.165) is 49.9 Å². The summed E-state index contributed by atoms with van der Waals surface area (Å²) in [5, 5.41) is 3.59. The van der Waals surface area contributed by atoms with Crippen LogP contribution in [0.4, 0.5) is 5.69 Å². The third-order valence-electron chi connectivity index (χ3n) is 5.39. The van der Waals surface area contributed by atoms with Crippen LogP contribution in [0.25, 0.3) is 0 Å². The predicted molar refractivity (Wildman–Crippen MR) is 109 cm³/mol. The Hall–Kier alpha value is -1.95. The highest BCUT2D eigenvalue weighted by atomic mass is 32.1. The van der Waals surface area contributed by atoms with Crippen LogP contribution in [0.3, 0.4) is 0 Å². The first kappa shape index (κ1) is 17.5. The number of ether oxygens (including phenoxy) is 1. The summed E-state index contributed by atoms with van der Waals surface area (Å²) in [6, 6.07) is 16.8. The molecule has 26 heavy (non-hydrogen) atoms. The monoisotopic (exact) mass is 367 g/mol. The van der Waals surface area contributed by atoms with Crippen molar-refractivity contribution in [1.82, 2.24) is 10.2 Å². The van der Waals surface area contributed by atoms with Gasteiger partial charge in [0.1, 0.15) is 0 Å². The van der Waals surface area contributed by atoms with Gasteiger partial charge in [0.05, 0.1) is 24.2 Å². The first-order valence-corrected chi connectivity index (χ1v) is 9.68. The summed E-state index contributed by atoms with van der Waals surface area (Å²) in [7, 11) is 0. The number of nitrogens with zero attached hydrogens (tertiary/aromatic N) is 1. The smallest absolute Gasteiger partial charge is 0.0837 e. The number of nitrogens with two attached hydrogens (primary N) is 1. The number of rotatable bonds is 4. The van der Waals surface area contributed by atoms with E-state index >= 15 is 0 Å². The topological polar surface area (TPSA) is 50.5 Å². The second kappa shape index (κ2) is 7.74. The average Bonchev–Trinajstić information content (AvgIpc) is 2.68. The fourth-order valence-electron chi connectivity index (χ4n) is 3.93. The Kier molecular flexibility index (Phi) is 5.20. The third kappa shape index (κ3) is 3.61. The predicted octanol–water partition coefficient (Wildman–Crippen LogP) is 3.09. The van der Waals surface area contributed by atoms with Gasteiger partial charge in [-0.3, -0.25) is 4.90 Å². The Labute approximate surface area is 160 Å². The van der Waals surface area contributed by atoms with Gasteiger partial charge in [-0.1, -0.05) is 48.6 Å². The number of fused-ring (bicyclic) bond motifs is 1. The van der Waals surface area contributed by atoms with Crippen molar-refractivity contribution in [2.45, 2.75) is 18.4 Å². The number of benzene rings is 2. The van der Waals surface area contributed by atoms with Crippen molar-refractivity contribution in [2.75, 3.05) is 38.6 Å². The van der Waals surface area contributed by atoms with Crippen LogP contribution in [0.15, 0.2) is 48.5 Å². The van der Waals surface area contributed by atoms with E-state index in [-0.39, 0.29) is 12.0 Å². The van der Waals surface area contributed by atoms with Crippen molar-refractivity contribution in [3.8, 4) is 0 Å². The molecular weight excluding hydrogens is 342 g/mol. The zero-order valence-electron chi connectivity index (χ0n) is 14.9. The van der Waals surface area contributed by atoms with E-state index < -0.39 is 0 Å². The molecule has 2 aliphatic heterocycles. The number of hydrogen-bond donors (Lipinski definition) is 2. The molecule has 2 aromatic rings. The lowest BCUT2D eigenvalue weighted by molar-refractivity contribution is 0.0371. The average molecular weight is 368 g/mol.